The molecule has 5 rings (SSSR count). The SMILES string of the molecule is Cc1ccc(C)c(NC(=O)N2CCN(Cc3cc(=O)n4nc(-c5cccc(F)c5)sc4n3)CC2)c1. The van der Waals surface area contributed by atoms with Gasteiger partial charge < -0.3 is 10.2 Å². The first-order valence-electron chi connectivity index (χ1n) is 11.4. The Kier molecular flexibility index (Phi) is 6.31. The van der Waals surface area contributed by atoms with Crippen LogP contribution in [-0.4, -0.2) is 56.6 Å². The maximum absolute atomic E-state index is 13.6. The Hall–Kier alpha value is -3.63. The summed E-state index contributed by atoms with van der Waals surface area (Å²) in [6.07, 6.45) is 0. The summed E-state index contributed by atoms with van der Waals surface area (Å²) in [5.74, 6) is -0.357. The summed E-state index contributed by atoms with van der Waals surface area (Å²) in [7, 11) is 0. The van der Waals surface area contributed by atoms with Crippen molar-refractivity contribution >= 4 is 28.0 Å². The van der Waals surface area contributed by atoms with Crippen molar-refractivity contribution in [3.63, 3.8) is 0 Å². The van der Waals surface area contributed by atoms with Crippen LogP contribution in [0.1, 0.15) is 16.8 Å². The molecule has 1 aliphatic heterocycles. The van der Waals surface area contributed by atoms with Crippen molar-refractivity contribution < 1.29 is 9.18 Å². The molecule has 2 aromatic heterocycles. The lowest BCUT2D eigenvalue weighted by Gasteiger charge is -2.34. The van der Waals surface area contributed by atoms with Crippen LogP contribution in [0.2, 0.25) is 0 Å². The van der Waals surface area contributed by atoms with E-state index in [4.69, 9.17) is 0 Å². The third-order valence-electron chi connectivity index (χ3n) is 6.05. The number of benzene rings is 2. The van der Waals surface area contributed by atoms with Gasteiger partial charge in [-0.25, -0.2) is 14.2 Å². The summed E-state index contributed by atoms with van der Waals surface area (Å²) >= 11 is 1.25. The summed E-state index contributed by atoms with van der Waals surface area (Å²) in [6.45, 7) is 7.01. The van der Waals surface area contributed by atoms with E-state index in [0.29, 0.717) is 53.9 Å². The number of urea groups is 1. The van der Waals surface area contributed by atoms with Crippen molar-refractivity contribution in [2.45, 2.75) is 20.4 Å². The lowest BCUT2D eigenvalue weighted by molar-refractivity contribution is 0.142. The number of anilines is 1. The molecular formula is C25H25FN6O2S. The molecule has 0 bridgehead atoms. The molecule has 0 atom stereocenters. The summed E-state index contributed by atoms with van der Waals surface area (Å²) in [5, 5.41) is 7.87. The van der Waals surface area contributed by atoms with E-state index in [1.165, 1.54) is 34.1 Å². The molecule has 1 N–H and O–H groups in total. The number of rotatable bonds is 4. The second-order valence-electron chi connectivity index (χ2n) is 8.71. The minimum atomic E-state index is -0.357. The third kappa shape index (κ3) is 5.08. The predicted molar refractivity (Wildman–Crippen MR) is 134 cm³/mol. The molecule has 3 heterocycles. The van der Waals surface area contributed by atoms with Crippen LogP contribution in [0.4, 0.5) is 14.9 Å². The fourth-order valence-electron chi connectivity index (χ4n) is 4.08. The van der Waals surface area contributed by atoms with Gasteiger partial charge in [-0.1, -0.05) is 35.6 Å². The van der Waals surface area contributed by atoms with E-state index in [0.717, 1.165) is 16.8 Å². The van der Waals surface area contributed by atoms with Crippen LogP contribution in [-0.2, 0) is 6.54 Å². The molecule has 2 aromatic carbocycles. The van der Waals surface area contributed by atoms with Crippen molar-refractivity contribution in [3.8, 4) is 10.6 Å². The van der Waals surface area contributed by atoms with Gasteiger partial charge in [0.2, 0.25) is 4.96 Å². The maximum Gasteiger partial charge on any atom is 0.321 e. The molecule has 1 aliphatic rings. The van der Waals surface area contributed by atoms with Gasteiger partial charge in [0, 0.05) is 50.0 Å². The highest BCUT2D eigenvalue weighted by Crippen LogP contribution is 2.25. The number of nitrogens with zero attached hydrogens (tertiary/aromatic N) is 5. The van der Waals surface area contributed by atoms with Gasteiger partial charge in [0.25, 0.3) is 5.56 Å². The van der Waals surface area contributed by atoms with Gasteiger partial charge in [0.05, 0.1) is 5.69 Å². The monoisotopic (exact) mass is 492 g/mol. The molecule has 0 saturated carbocycles. The quantitative estimate of drug-likeness (QED) is 0.467. The van der Waals surface area contributed by atoms with E-state index in [9.17, 15) is 14.0 Å². The summed E-state index contributed by atoms with van der Waals surface area (Å²) in [4.78, 5) is 34.4. The van der Waals surface area contributed by atoms with E-state index in [1.807, 2.05) is 32.0 Å². The lowest BCUT2D eigenvalue weighted by Crippen LogP contribution is -2.49. The highest BCUT2D eigenvalue weighted by molar-refractivity contribution is 7.19. The molecule has 0 spiro atoms. The number of hydrogen-bond acceptors (Lipinski definition) is 6. The van der Waals surface area contributed by atoms with Gasteiger partial charge in [-0.15, -0.1) is 0 Å². The second kappa shape index (κ2) is 9.55. The maximum atomic E-state index is 13.6. The van der Waals surface area contributed by atoms with E-state index in [-0.39, 0.29) is 17.4 Å². The van der Waals surface area contributed by atoms with E-state index < -0.39 is 0 Å². The molecule has 1 saturated heterocycles. The van der Waals surface area contributed by atoms with Gasteiger partial charge in [-0.2, -0.15) is 9.61 Å². The fraction of sp³-hybridized carbons (Fsp3) is 0.280. The third-order valence-corrected chi connectivity index (χ3v) is 7.01. The Morgan fingerprint density at radius 2 is 1.89 bits per heavy atom. The topological polar surface area (TPSA) is 82.8 Å². The van der Waals surface area contributed by atoms with Gasteiger partial charge in [-0.05, 0) is 43.2 Å². The Morgan fingerprint density at radius 3 is 2.66 bits per heavy atom. The number of hydrogen-bond donors (Lipinski definition) is 1. The molecule has 10 heteroatoms. The number of nitrogens with one attached hydrogen (secondary N) is 1. The van der Waals surface area contributed by atoms with Crippen molar-refractivity contribution in [2.75, 3.05) is 31.5 Å². The molecule has 0 radical (unpaired) electrons. The molecule has 1 fully saturated rings. The van der Waals surface area contributed by atoms with Crippen LogP contribution in [0.15, 0.2) is 53.3 Å². The molecule has 35 heavy (non-hydrogen) atoms. The number of amides is 2. The van der Waals surface area contributed by atoms with Crippen molar-refractivity contribution in [2.24, 2.45) is 0 Å². The number of aryl methyl sites for hydroxylation is 2. The first kappa shape index (κ1) is 23.1. The van der Waals surface area contributed by atoms with Crippen molar-refractivity contribution in [1.82, 2.24) is 24.4 Å². The van der Waals surface area contributed by atoms with Crippen LogP contribution in [0.3, 0.4) is 0 Å². The average Bonchev–Trinajstić information content (AvgIpc) is 3.27. The Bertz CT molecular complexity index is 1460. The minimum absolute atomic E-state index is 0.106. The Labute approximate surface area is 205 Å². The summed E-state index contributed by atoms with van der Waals surface area (Å²) in [6, 6.07) is 13.5. The Balaban J connectivity index is 1.24. The van der Waals surface area contributed by atoms with Gasteiger partial charge in [0.15, 0.2) is 0 Å². The molecule has 8 nitrogen and oxygen atoms in total. The number of halogens is 1. The van der Waals surface area contributed by atoms with E-state index in [1.54, 1.807) is 17.0 Å². The first-order chi connectivity index (χ1) is 16.9. The smallest absolute Gasteiger partial charge is 0.321 e. The molecular weight excluding hydrogens is 467 g/mol. The van der Waals surface area contributed by atoms with Gasteiger partial charge in [0.1, 0.15) is 10.8 Å². The molecule has 180 valence electrons. The zero-order valence-electron chi connectivity index (χ0n) is 19.5. The number of carbonyl (C=O) groups excluding carboxylic acids is 1. The standard InChI is InChI=1S/C25H25FN6O2S/c1-16-6-7-17(2)21(12-16)28-24(34)31-10-8-30(9-11-31)15-20-14-22(33)32-25(27-20)35-23(29-32)18-4-3-5-19(26)13-18/h3-7,12-14H,8-11,15H2,1-2H3,(H,28,34). The number of aromatic nitrogens is 3. The molecule has 4 aromatic rings. The van der Waals surface area contributed by atoms with E-state index >= 15 is 0 Å². The lowest BCUT2D eigenvalue weighted by atomic mass is 10.1. The highest BCUT2D eigenvalue weighted by Gasteiger charge is 2.22. The second-order valence-corrected chi connectivity index (χ2v) is 9.67. The molecule has 2 amide bonds. The van der Waals surface area contributed by atoms with Crippen LogP contribution in [0.25, 0.3) is 15.5 Å². The largest absolute Gasteiger partial charge is 0.322 e. The van der Waals surface area contributed by atoms with Crippen molar-refractivity contribution in [1.29, 1.82) is 0 Å². The zero-order valence-corrected chi connectivity index (χ0v) is 20.3. The minimum Gasteiger partial charge on any atom is -0.322 e. The first-order valence-corrected chi connectivity index (χ1v) is 12.2. The van der Waals surface area contributed by atoms with Crippen LogP contribution in [0.5, 0.6) is 0 Å². The van der Waals surface area contributed by atoms with Gasteiger partial charge in [-0.3, -0.25) is 9.69 Å². The Morgan fingerprint density at radius 1 is 1.09 bits per heavy atom. The molecule has 0 unspecified atom stereocenters. The molecule has 0 aliphatic carbocycles. The average molecular weight is 493 g/mol. The van der Waals surface area contributed by atoms with Gasteiger partial charge >= 0.3 is 6.03 Å². The zero-order chi connectivity index (χ0) is 24.5. The van der Waals surface area contributed by atoms with Crippen molar-refractivity contribution in [3.05, 3.63) is 81.5 Å². The predicted octanol–water partition coefficient (Wildman–Crippen LogP) is 3.92. The summed E-state index contributed by atoms with van der Waals surface area (Å²) in [5.41, 5.74) is 3.95. The van der Waals surface area contributed by atoms with Crippen LogP contribution in [0, 0.1) is 19.7 Å². The number of fused-ring (bicyclic) bond motifs is 1. The van der Waals surface area contributed by atoms with E-state index in [2.05, 4.69) is 20.3 Å². The van der Waals surface area contributed by atoms with Crippen LogP contribution < -0.4 is 10.9 Å². The summed E-state index contributed by atoms with van der Waals surface area (Å²) < 4.78 is 14.8. The van der Waals surface area contributed by atoms with Crippen LogP contribution >= 0.6 is 11.3 Å². The number of carbonyl (C=O) groups is 1. The number of piperazine rings is 1. The fourth-order valence-corrected chi connectivity index (χ4v) is 5.00. The highest BCUT2D eigenvalue weighted by atomic mass is 32.1. The normalized spacial score (nSPS) is 14.4.